The number of aromatic amines is 2. The van der Waals surface area contributed by atoms with E-state index in [9.17, 15) is 9.59 Å². The number of nitrogens with zero attached hydrogens (tertiary/aromatic N) is 2. The molecule has 0 saturated heterocycles. The molecule has 16 heavy (non-hydrogen) atoms. The fraction of sp³-hybridized carbons (Fsp3) is 0.200. The fourth-order valence-electron chi connectivity index (χ4n) is 1.27. The molecule has 2 N–H and O–H groups in total. The van der Waals surface area contributed by atoms with Gasteiger partial charge in [-0.25, -0.2) is 9.97 Å². The van der Waals surface area contributed by atoms with E-state index in [1.807, 2.05) is 0 Å². The van der Waals surface area contributed by atoms with E-state index in [0.717, 1.165) is 11.4 Å². The van der Waals surface area contributed by atoms with Gasteiger partial charge < -0.3 is 9.97 Å². The number of hydrogen-bond donors (Lipinski definition) is 2. The Kier molecular flexibility index (Phi) is 2.40. The summed E-state index contributed by atoms with van der Waals surface area (Å²) in [6.07, 6.45) is 2.99. The van der Waals surface area contributed by atoms with Crippen LogP contribution in [-0.4, -0.2) is 31.5 Å². The van der Waals surface area contributed by atoms with E-state index < -0.39 is 11.6 Å². The maximum atomic E-state index is 11.7. The van der Waals surface area contributed by atoms with Crippen LogP contribution in [0.15, 0.2) is 12.4 Å². The van der Waals surface area contributed by atoms with Crippen molar-refractivity contribution >= 4 is 11.6 Å². The van der Waals surface area contributed by atoms with Crippen molar-refractivity contribution in [2.24, 2.45) is 0 Å². The van der Waals surface area contributed by atoms with Crippen molar-refractivity contribution < 1.29 is 9.59 Å². The van der Waals surface area contributed by atoms with Crippen LogP contribution in [0.2, 0.25) is 0 Å². The lowest BCUT2D eigenvalue weighted by Gasteiger charge is -1.93. The van der Waals surface area contributed by atoms with Gasteiger partial charge in [-0.1, -0.05) is 0 Å². The summed E-state index contributed by atoms with van der Waals surface area (Å²) in [4.78, 5) is 36.4. The Balaban J connectivity index is 2.26. The van der Waals surface area contributed by atoms with Gasteiger partial charge in [0.15, 0.2) is 11.6 Å². The first-order valence-corrected chi connectivity index (χ1v) is 4.70. The average Bonchev–Trinajstić information content (AvgIpc) is 2.85. The Labute approximate surface area is 91.1 Å². The maximum Gasteiger partial charge on any atom is 0.271 e. The van der Waals surface area contributed by atoms with Crippen LogP contribution in [0.25, 0.3) is 0 Å². The van der Waals surface area contributed by atoms with Crippen molar-refractivity contribution in [2.75, 3.05) is 0 Å². The van der Waals surface area contributed by atoms with Crippen LogP contribution in [0.5, 0.6) is 0 Å². The van der Waals surface area contributed by atoms with Gasteiger partial charge in [-0.15, -0.1) is 0 Å². The summed E-state index contributed by atoms with van der Waals surface area (Å²) >= 11 is 0. The van der Waals surface area contributed by atoms with Crippen molar-refractivity contribution in [3.63, 3.8) is 0 Å². The summed E-state index contributed by atoms with van der Waals surface area (Å²) in [5.74, 6) is -1.31. The lowest BCUT2D eigenvalue weighted by atomic mass is 10.2. The van der Waals surface area contributed by atoms with Gasteiger partial charge in [-0.2, -0.15) is 0 Å². The first-order valence-electron chi connectivity index (χ1n) is 4.70. The summed E-state index contributed by atoms with van der Waals surface area (Å²) < 4.78 is 0. The third kappa shape index (κ3) is 1.77. The molecule has 0 bridgehead atoms. The normalized spacial score (nSPS) is 10.4. The second-order valence-electron chi connectivity index (χ2n) is 3.49. The van der Waals surface area contributed by atoms with E-state index in [-0.39, 0.29) is 11.6 Å². The van der Waals surface area contributed by atoms with Crippen molar-refractivity contribution in [1.82, 2.24) is 19.9 Å². The predicted molar refractivity (Wildman–Crippen MR) is 55.3 cm³/mol. The van der Waals surface area contributed by atoms with Crippen molar-refractivity contribution in [3.8, 4) is 0 Å². The summed E-state index contributed by atoms with van der Waals surface area (Å²) in [7, 11) is 0. The molecule has 82 valence electrons. The van der Waals surface area contributed by atoms with Gasteiger partial charge in [0.05, 0.1) is 0 Å². The largest absolute Gasteiger partial charge is 0.339 e. The molecule has 0 atom stereocenters. The highest BCUT2D eigenvalue weighted by molar-refractivity contribution is 6.47. The van der Waals surface area contributed by atoms with Gasteiger partial charge in [0.1, 0.15) is 0 Å². The standard InChI is InChI=1S/C10H10N4O2/c1-5-3-11-9(13-5)7(15)8(16)10-12-4-6(2)14-10/h3-4H,1-2H3,(H,11,13)(H,12,14). The zero-order chi connectivity index (χ0) is 11.7. The van der Waals surface area contributed by atoms with Gasteiger partial charge >= 0.3 is 0 Å². The van der Waals surface area contributed by atoms with Crippen molar-refractivity contribution in [2.45, 2.75) is 13.8 Å². The lowest BCUT2D eigenvalue weighted by Crippen LogP contribution is -2.17. The molecule has 0 aliphatic heterocycles. The van der Waals surface area contributed by atoms with E-state index in [1.165, 1.54) is 12.4 Å². The average molecular weight is 218 g/mol. The Morgan fingerprint density at radius 2 is 1.31 bits per heavy atom. The molecule has 0 fully saturated rings. The Morgan fingerprint density at radius 1 is 0.938 bits per heavy atom. The minimum absolute atomic E-state index is 0.0385. The minimum Gasteiger partial charge on any atom is -0.339 e. The first-order chi connectivity index (χ1) is 7.58. The predicted octanol–water partition coefficient (Wildman–Crippen LogP) is 0.815. The molecule has 0 aromatic carbocycles. The highest BCUT2D eigenvalue weighted by atomic mass is 16.2. The molecule has 2 aromatic heterocycles. The molecule has 0 unspecified atom stereocenters. The molecule has 6 nitrogen and oxygen atoms in total. The molecule has 0 radical (unpaired) electrons. The number of H-pyrrole nitrogens is 2. The second kappa shape index (κ2) is 3.73. The van der Waals surface area contributed by atoms with Crippen LogP contribution in [0, 0.1) is 13.8 Å². The van der Waals surface area contributed by atoms with Crippen LogP contribution < -0.4 is 0 Å². The van der Waals surface area contributed by atoms with E-state index >= 15 is 0 Å². The Morgan fingerprint density at radius 3 is 1.56 bits per heavy atom. The molecule has 2 heterocycles. The fourth-order valence-corrected chi connectivity index (χ4v) is 1.27. The van der Waals surface area contributed by atoms with Crippen LogP contribution in [0.4, 0.5) is 0 Å². The monoisotopic (exact) mass is 218 g/mol. The number of ketones is 2. The van der Waals surface area contributed by atoms with E-state index in [1.54, 1.807) is 13.8 Å². The summed E-state index contributed by atoms with van der Waals surface area (Å²) in [6.45, 7) is 3.51. The third-order valence-electron chi connectivity index (χ3n) is 2.04. The van der Waals surface area contributed by atoms with Crippen LogP contribution in [-0.2, 0) is 0 Å². The number of carbonyl (C=O) groups is 2. The molecule has 0 amide bonds. The number of rotatable bonds is 3. The second-order valence-corrected chi connectivity index (χ2v) is 3.49. The Hall–Kier alpha value is -2.24. The van der Waals surface area contributed by atoms with Gasteiger partial charge in [0.2, 0.25) is 0 Å². The van der Waals surface area contributed by atoms with Crippen molar-refractivity contribution in [1.29, 1.82) is 0 Å². The summed E-state index contributed by atoms with van der Waals surface area (Å²) in [5, 5.41) is 0. The highest BCUT2D eigenvalue weighted by Crippen LogP contribution is 2.03. The first kappa shape index (κ1) is 10.3. The number of carbonyl (C=O) groups excluding carboxylic acids is 2. The number of aryl methyl sites for hydroxylation is 2. The van der Waals surface area contributed by atoms with Crippen LogP contribution in [0.3, 0.4) is 0 Å². The number of aromatic nitrogens is 4. The molecule has 0 saturated carbocycles. The summed E-state index contributed by atoms with van der Waals surface area (Å²) in [5.41, 5.74) is 1.46. The third-order valence-corrected chi connectivity index (χ3v) is 2.04. The summed E-state index contributed by atoms with van der Waals surface area (Å²) in [6, 6.07) is 0. The molecular weight excluding hydrogens is 208 g/mol. The minimum atomic E-state index is -0.692. The molecule has 0 aliphatic rings. The van der Waals surface area contributed by atoms with Crippen LogP contribution >= 0.6 is 0 Å². The molecule has 0 aliphatic carbocycles. The lowest BCUT2D eigenvalue weighted by molar-refractivity contribution is 0.0806. The van der Waals surface area contributed by atoms with Crippen molar-refractivity contribution in [3.05, 3.63) is 35.4 Å². The molecular formula is C10H10N4O2. The van der Waals surface area contributed by atoms with Gasteiger partial charge in [0, 0.05) is 23.8 Å². The van der Waals surface area contributed by atoms with E-state index in [4.69, 9.17) is 0 Å². The van der Waals surface area contributed by atoms with Gasteiger partial charge in [-0.3, -0.25) is 9.59 Å². The van der Waals surface area contributed by atoms with E-state index in [2.05, 4.69) is 19.9 Å². The van der Waals surface area contributed by atoms with E-state index in [0.29, 0.717) is 0 Å². The SMILES string of the molecule is Cc1cnc(C(=O)C(=O)c2ncc(C)[nH]2)[nH]1. The maximum absolute atomic E-state index is 11.7. The smallest absolute Gasteiger partial charge is 0.271 e. The molecule has 2 rings (SSSR count). The molecule has 2 aromatic rings. The highest BCUT2D eigenvalue weighted by Gasteiger charge is 2.23. The zero-order valence-corrected chi connectivity index (χ0v) is 8.87. The molecule has 0 spiro atoms. The van der Waals surface area contributed by atoms with Gasteiger partial charge in [0.25, 0.3) is 11.6 Å². The number of Topliss-reactive ketones (excluding diaryl/α,β-unsaturated/α-hetero) is 2. The number of nitrogens with one attached hydrogen (secondary N) is 2. The topological polar surface area (TPSA) is 91.5 Å². The van der Waals surface area contributed by atoms with Gasteiger partial charge in [-0.05, 0) is 13.8 Å². The molecule has 6 heteroatoms. The Bertz CT molecular complexity index is 502. The quantitative estimate of drug-likeness (QED) is 0.589. The van der Waals surface area contributed by atoms with Crippen LogP contribution in [0.1, 0.15) is 32.6 Å². The number of hydrogen-bond acceptors (Lipinski definition) is 4. The number of imidazole rings is 2. The zero-order valence-electron chi connectivity index (χ0n) is 8.87.